The molecule has 0 bridgehead atoms. The third-order valence-corrected chi connectivity index (χ3v) is 13.3. The molecule has 0 aromatic heterocycles. The molecule has 7 rings (SSSR count). The Hall–Kier alpha value is -5.52. The van der Waals surface area contributed by atoms with E-state index in [1.165, 1.54) is 12.1 Å². The van der Waals surface area contributed by atoms with E-state index >= 15 is 4.39 Å². The van der Waals surface area contributed by atoms with Crippen LogP contribution in [-0.2, 0) is 14.3 Å². The van der Waals surface area contributed by atoms with Gasteiger partial charge in [-0.3, -0.25) is 29.4 Å². The van der Waals surface area contributed by atoms with Gasteiger partial charge < -0.3 is 29.7 Å². The van der Waals surface area contributed by atoms with Gasteiger partial charge >= 0.3 is 0 Å². The van der Waals surface area contributed by atoms with E-state index < -0.39 is 29.6 Å². The van der Waals surface area contributed by atoms with E-state index in [-0.39, 0.29) is 71.6 Å². The van der Waals surface area contributed by atoms with E-state index in [0.717, 1.165) is 48.5 Å². The molecule has 3 N–H and O–H groups in total. The van der Waals surface area contributed by atoms with Gasteiger partial charge in [0.25, 0.3) is 11.8 Å². The summed E-state index contributed by atoms with van der Waals surface area (Å²) < 4.78 is 34.0. The molecule has 62 heavy (non-hydrogen) atoms. The van der Waals surface area contributed by atoms with Gasteiger partial charge in [-0.25, -0.2) is 4.39 Å². The van der Waals surface area contributed by atoms with Gasteiger partial charge in [-0.15, -0.1) is 0 Å². The van der Waals surface area contributed by atoms with Crippen LogP contribution in [0.25, 0.3) is 0 Å². The Morgan fingerprint density at radius 2 is 1.65 bits per heavy atom. The number of rotatable bonds is 13. The molecule has 330 valence electrons. The van der Waals surface area contributed by atoms with Gasteiger partial charge in [-0.05, 0) is 93.8 Å². The standard InChI is InChI=1S/C48H59FN6O7/c1-27(2)55(32-21-35(22-32)61-33-13-14-37(39(49)23-33)43(58)51-40-15-16-41(56)52-44(40)59)26-36-25-54(17-18-60-36)31-11-9-30(10-12-31)42(57)53-45-47(5,6)46(48(45,7)8)62-34-19-28(3)38(24-50)29(4)20-34/h9-14,19-20,23,27,32,35-36,40,45-46H,15-18,21-22,25-26H2,1-8H3,(H,51,58)(H,53,57)(H,52,56,59)/t32-,35-,36-,40+,45-,46-/m1/s1. The summed E-state index contributed by atoms with van der Waals surface area (Å²) >= 11 is 0. The molecule has 3 aromatic rings. The van der Waals surface area contributed by atoms with Gasteiger partial charge in [-0.2, -0.15) is 5.26 Å². The van der Waals surface area contributed by atoms with Crippen molar-refractivity contribution < 1.29 is 37.8 Å². The van der Waals surface area contributed by atoms with Crippen LogP contribution in [0.15, 0.2) is 54.6 Å². The van der Waals surface area contributed by atoms with Gasteiger partial charge in [0, 0.05) is 85.2 Å². The Balaban J connectivity index is 0.887. The maximum atomic E-state index is 15.0. The second kappa shape index (κ2) is 17.7. The molecule has 4 amide bonds. The Morgan fingerprint density at radius 3 is 2.26 bits per heavy atom. The number of carbonyl (C=O) groups is 4. The van der Waals surface area contributed by atoms with E-state index in [0.29, 0.717) is 30.0 Å². The molecule has 2 atom stereocenters. The molecule has 2 saturated carbocycles. The number of nitrogens with one attached hydrogen (secondary N) is 3. The zero-order valence-corrected chi connectivity index (χ0v) is 37.0. The average molecular weight is 851 g/mol. The minimum atomic E-state index is -0.896. The number of aryl methyl sites for hydroxylation is 2. The molecule has 4 aliphatic rings. The summed E-state index contributed by atoms with van der Waals surface area (Å²) in [7, 11) is 0. The third-order valence-electron chi connectivity index (χ3n) is 13.3. The maximum Gasteiger partial charge on any atom is 0.254 e. The summed E-state index contributed by atoms with van der Waals surface area (Å²) in [5.74, 6) is -1.54. The summed E-state index contributed by atoms with van der Waals surface area (Å²) in [5.41, 5.74) is 3.17. The largest absolute Gasteiger partial charge is 0.490 e. The van der Waals surface area contributed by atoms with Crippen molar-refractivity contribution >= 4 is 29.3 Å². The van der Waals surface area contributed by atoms with Gasteiger partial charge in [0.15, 0.2) is 0 Å². The number of hydrogen-bond acceptors (Lipinski definition) is 10. The predicted octanol–water partition coefficient (Wildman–Crippen LogP) is 5.99. The third kappa shape index (κ3) is 9.15. The van der Waals surface area contributed by atoms with E-state index in [1.807, 2.05) is 50.2 Å². The highest BCUT2D eigenvalue weighted by atomic mass is 19.1. The summed E-state index contributed by atoms with van der Waals surface area (Å²) in [6.07, 6.45) is 1.50. The first-order chi connectivity index (χ1) is 29.3. The molecule has 4 fully saturated rings. The van der Waals surface area contributed by atoms with Crippen LogP contribution in [0.2, 0.25) is 0 Å². The van der Waals surface area contributed by atoms with Crippen molar-refractivity contribution in [3.05, 3.63) is 88.2 Å². The Labute approximate surface area is 363 Å². The zero-order chi connectivity index (χ0) is 44.7. The molecule has 13 nitrogen and oxygen atoms in total. The van der Waals surface area contributed by atoms with Crippen LogP contribution in [0, 0.1) is 41.8 Å². The smallest absolute Gasteiger partial charge is 0.254 e. The van der Waals surface area contributed by atoms with E-state index in [1.54, 1.807) is 6.07 Å². The van der Waals surface area contributed by atoms with Crippen molar-refractivity contribution in [1.82, 2.24) is 20.9 Å². The highest BCUT2D eigenvalue weighted by Crippen LogP contribution is 2.55. The number of benzene rings is 3. The van der Waals surface area contributed by atoms with Crippen LogP contribution in [-0.4, -0.2) is 97.2 Å². The normalized spacial score (nSPS) is 25.2. The molecule has 2 aliphatic carbocycles. The fraction of sp³-hybridized carbons (Fsp3) is 0.521. The van der Waals surface area contributed by atoms with Crippen molar-refractivity contribution in [2.75, 3.05) is 31.1 Å². The number of anilines is 1. The lowest BCUT2D eigenvalue weighted by molar-refractivity contribution is -0.164. The Bertz CT molecular complexity index is 2210. The van der Waals surface area contributed by atoms with Gasteiger partial charge in [0.05, 0.1) is 29.9 Å². The number of halogens is 1. The number of imide groups is 1. The Kier molecular flexibility index (Phi) is 12.7. The zero-order valence-electron chi connectivity index (χ0n) is 37.0. The molecule has 2 aliphatic heterocycles. The number of nitriles is 1. The van der Waals surface area contributed by atoms with Gasteiger partial charge in [0.2, 0.25) is 11.8 Å². The molecule has 2 heterocycles. The maximum absolute atomic E-state index is 15.0. The molecule has 0 unspecified atom stereocenters. The molecule has 14 heteroatoms. The van der Waals surface area contributed by atoms with Gasteiger partial charge in [0.1, 0.15) is 35.6 Å². The number of carbonyl (C=O) groups excluding carboxylic acids is 4. The molecule has 2 saturated heterocycles. The second-order valence-electron chi connectivity index (χ2n) is 18.9. The number of amides is 4. The summed E-state index contributed by atoms with van der Waals surface area (Å²) in [4.78, 5) is 54.5. The van der Waals surface area contributed by atoms with Crippen molar-refractivity contribution in [3.63, 3.8) is 0 Å². The van der Waals surface area contributed by atoms with Crippen molar-refractivity contribution in [1.29, 1.82) is 5.26 Å². The van der Waals surface area contributed by atoms with Crippen LogP contribution in [0.4, 0.5) is 10.1 Å². The first-order valence-electron chi connectivity index (χ1n) is 21.7. The first kappa shape index (κ1) is 44.5. The number of hydrogen-bond donors (Lipinski definition) is 3. The fourth-order valence-electron chi connectivity index (χ4n) is 10.1. The highest BCUT2D eigenvalue weighted by Gasteiger charge is 2.64. The lowest BCUT2D eigenvalue weighted by Gasteiger charge is -2.63. The van der Waals surface area contributed by atoms with Crippen molar-refractivity contribution in [3.8, 4) is 17.6 Å². The highest BCUT2D eigenvalue weighted by molar-refractivity contribution is 6.03. The number of nitrogens with zero attached hydrogens (tertiary/aromatic N) is 3. The van der Waals surface area contributed by atoms with Crippen LogP contribution in [0.1, 0.15) is 105 Å². The average Bonchev–Trinajstić information content (AvgIpc) is 3.20. The quantitative estimate of drug-likeness (QED) is 0.174. The topological polar surface area (TPSA) is 162 Å². The molecular formula is C48H59FN6O7. The van der Waals surface area contributed by atoms with Gasteiger partial charge in [-0.1, -0.05) is 27.7 Å². The summed E-state index contributed by atoms with van der Waals surface area (Å²) in [5, 5.41) is 17.5. The minimum absolute atomic E-state index is 0.0302. The first-order valence-corrected chi connectivity index (χ1v) is 21.7. The van der Waals surface area contributed by atoms with E-state index in [4.69, 9.17) is 14.2 Å². The molecule has 0 spiro atoms. The lowest BCUT2D eigenvalue weighted by Crippen LogP contribution is -2.74. The SMILES string of the molecule is Cc1cc(O[C@H]2C(C)(C)[C@H](NC(=O)c3ccc(N4CCO[C@@H](CN(C(C)C)[C@H]5C[C@H](Oc6ccc(C(=O)N[C@H]7CCC(=O)NC7=O)c(F)c6)C5)C4)cc3)C2(C)C)cc(C)c1C#N. The van der Waals surface area contributed by atoms with Crippen LogP contribution >= 0.6 is 0 Å². The van der Waals surface area contributed by atoms with Crippen LogP contribution in [0.3, 0.4) is 0 Å². The minimum Gasteiger partial charge on any atom is -0.490 e. The number of ether oxygens (including phenoxy) is 3. The molecular weight excluding hydrogens is 792 g/mol. The summed E-state index contributed by atoms with van der Waals surface area (Å²) in [6, 6.07) is 17.5. The second-order valence-corrected chi connectivity index (χ2v) is 18.9. The predicted molar refractivity (Wildman–Crippen MR) is 232 cm³/mol. The fourth-order valence-corrected chi connectivity index (χ4v) is 10.1. The molecule has 0 radical (unpaired) electrons. The van der Waals surface area contributed by atoms with E-state index in [9.17, 15) is 24.4 Å². The van der Waals surface area contributed by atoms with E-state index in [2.05, 4.69) is 73.4 Å². The van der Waals surface area contributed by atoms with Crippen molar-refractivity contribution in [2.24, 2.45) is 10.8 Å². The van der Waals surface area contributed by atoms with Crippen LogP contribution in [0.5, 0.6) is 11.5 Å². The number of morpholine rings is 1. The lowest BCUT2D eigenvalue weighted by atomic mass is 9.49. The van der Waals surface area contributed by atoms with Crippen LogP contribution < -0.4 is 30.3 Å². The molecule has 3 aromatic carbocycles. The monoisotopic (exact) mass is 850 g/mol. The number of piperidine rings is 1. The van der Waals surface area contributed by atoms with Crippen molar-refractivity contribution in [2.45, 2.75) is 124 Å². The summed E-state index contributed by atoms with van der Waals surface area (Å²) in [6.45, 7) is 19.4. The Morgan fingerprint density at radius 1 is 0.968 bits per heavy atom.